The van der Waals surface area contributed by atoms with Gasteiger partial charge in [-0.3, -0.25) is 4.79 Å². The number of nitrogens with zero attached hydrogens (tertiary/aromatic N) is 3. The number of halogens is 4. The van der Waals surface area contributed by atoms with Gasteiger partial charge in [-0.1, -0.05) is 12.1 Å². The minimum absolute atomic E-state index is 0.159. The predicted molar refractivity (Wildman–Crippen MR) is 90.5 cm³/mol. The molecule has 1 aromatic carbocycles. The number of alkyl halides is 3. The summed E-state index contributed by atoms with van der Waals surface area (Å²) in [6.45, 7) is 0. The average Bonchev–Trinajstić information content (AvgIpc) is 3.16. The van der Waals surface area contributed by atoms with Crippen molar-refractivity contribution in [3.05, 3.63) is 46.6 Å². The topological polar surface area (TPSA) is 91.6 Å². The zero-order chi connectivity index (χ0) is 20.7. The summed E-state index contributed by atoms with van der Waals surface area (Å²) >= 11 is 0.437. The first-order valence-electron chi connectivity index (χ1n) is 7.58. The van der Waals surface area contributed by atoms with Crippen molar-refractivity contribution in [3.8, 4) is 0 Å². The summed E-state index contributed by atoms with van der Waals surface area (Å²) in [5, 5.41) is 13.7. The molecule has 0 fully saturated rings. The number of carbonyl (C=O) groups is 2. The first-order valence-corrected chi connectivity index (χ1v) is 8.40. The first-order chi connectivity index (χ1) is 13.0. The highest BCUT2D eigenvalue weighted by Gasteiger charge is 2.63. The van der Waals surface area contributed by atoms with Gasteiger partial charge in [0.15, 0.2) is 5.17 Å². The summed E-state index contributed by atoms with van der Waals surface area (Å²) in [5.41, 5.74) is -3.49. The molecule has 2 aliphatic heterocycles. The standard InChI is InChI=1S/C16H11F4N3O4S/c1-27-12(24)6-11-13(25)21-14(28-11)23-15(26,16(18,19)20)7-10(22-23)8-2-4-9(17)5-3-8/h2-6,26H,7H2,1H3. The Labute approximate surface area is 159 Å². The van der Waals surface area contributed by atoms with E-state index in [1.54, 1.807) is 0 Å². The van der Waals surface area contributed by atoms with Crippen molar-refractivity contribution in [1.82, 2.24) is 5.01 Å². The van der Waals surface area contributed by atoms with Gasteiger partial charge in [0.2, 0.25) is 0 Å². The molecule has 1 aromatic rings. The summed E-state index contributed by atoms with van der Waals surface area (Å²) < 4.78 is 58.2. The van der Waals surface area contributed by atoms with Gasteiger partial charge in [-0.2, -0.15) is 28.3 Å². The van der Waals surface area contributed by atoms with Crippen molar-refractivity contribution >= 4 is 34.5 Å². The van der Waals surface area contributed by atoms with Crippen LogP contribution in [0.2, 0.25) is 0 Å². The van der Waals surface area contributed by atoms with Crippen LogP contribution in [0.1, 0.15) is 12.0 Å². The second-order valence-corrected chi connectivity index (χ2v) is 6.70. The van der Waals surface area contributed by atoms with Gasteiger partial charge in [0, 0.05) is 6.08 Å². The monoisotopic (exact) mass is 417 g/mol. The summed E-state index contributed by atoms with van der Waals surface area (Å²) in [4.78, 5) is 26.3. The van der Waals surface area contributed by atoms with E-state index < -0.39 is 41.2 Å². The average molecular weight is 417 g/mol. The molecular weight excluding hydrogens is 406 g/mol. The minimum atomic E-state index is -5.15. The Hall–Kier alpha value is -2.73. The molecule has 0 aromatic heterocycles. The second kappa shape index (κ2) is 7.02. The molecule has 0 saturated carbocycles. The van der Waals surface area contributed by atoms with Crippen LogP contribution in [0.25, 0.3) is 0 Å². The molecule has 12 heteroatoms. The van der Waals surface area contributed by atoms with Gasteiger partial charge in [-0.05, 0) is 29.5 Å². The molecule has 1 atom stereocenters. The summed E-state index contributed by atoms with van der Waals surface area (Å²) in [6.07, 6.45) is -5.35. The van der Waals surface area contributed by atoms with Crippen molar-refractivity contribution in [1.29, 1.82) is 0 Å². The lowest BCUT2D eigenvalue weighted by Gasteiger charge is -2.33. The number of carbonyl (C=O) groups excluding carboxylic acids is 2. The van der Waals surface area contributed by atoms with Gasteiger partial charge >= 0.3 is 12.1 Å². The number of aliphatic imine (C=N–C) groups is 1. The Morgan fingerprint density at radius 1 is 1.36 bits per heavy atom. The molecular formula is C16H11F4N3O4S. The number of hydrogen-bond donors (Lipinski definition) is 1. The number of hydrogen-bond acceptors (Lipinski definition) is 7. The molecule has 2 aliphatic rings. The number of rotatable bonds is 2. The highest BCUT2D eigenvalue weighted by Crippen LogP contribution is 2.44. The third-order valence-corrected chi connectivity index (χ3v) is 4.82. The number of amidine groups is 1. The lowest BCUT2D eigenvalue weighted by Crippen LogP contribution is -2.56. The zero-order valence-corrected chi connectivity index (χ0v) is 14.8. The van der Waals surface area contributed by atoms with E-state index in [9.17, 15) is 32.3 Å². The largest absolute Gasteiger partial charge is 0.466 e. The van der Waals surface area contributed by atoms with E-state index in [0.717, 1.165) is 25.3 Å². The van der Waals surface area contributed by atoms with Gasteiger partial charge in [0.1, 0.15) is 5.82 Å². The molecule has 148 valence electrons. The van der Waals surface area contributed by atoms with E-state index in [4.69, 9.17) is 0 Å². The fourth-order valence-corrected chi connectivity index (χ4v) is 3.32. The molecule has 0 spiro atoms. The summed E-state index contributed by atoms with van der Waals surface area (Å²) in [7, 11) is 1.06. The normalized spacial score (nSPS) is 23.9. The third kappa shape index (κ3) is 3.52. The number of thioether (sulfide) groups is 1. The summed E-state index contributed by atoms with van der Waals surface area (Å²) in [6, 6.07) is 4.50. The Morgan fingerprint density at radius 3 is 2.57 bits per heavy atom. The molecule has 0 bridgehead atoms. The minimum Gasteiger partial charge on any atom is -0.466 e. The van der Waals surface area contributed by atoms with E-state index in [2.05, 4.69) is 14.8 Å². The third-order valence-electron chi connectivity index (χ3n) is 3.86. The van der Waals surface area contributed by atoms with E-state index in [1.807, 2.05) is 0 Å². The second-order valence-electron chi connectivity index (χ2n) is 5.69. The van der Waals surface area contributed by atoms with Crippen LogP contribution >= 0.6 is 11.8 Å². The van der Waals surface area contributed by atoms with Gasteiger partial charge in [0.05, 0.1) is 24.1 Å². The molecule has 0 radical (unpaired) electrons. The van der Waals surface area contributed by atoms with Crippen LogP contribution in [0, 0.1) is 5.82 Å². The molecule has 1 unspecified atom stereocenters. The maximum atomic E-state index is 13.6. The molecule has 1 amide bonds. The van der Waals surface area contributed by atoms with Gasteiger partial charge < -0.3 is 9.84 Å². The maximum Gasteiger partial charge on any atom is 0.438 e. The Morgan fingerprint density at radius 2 is 2.00 bits per heavy atom. The molecule has 3 rings (SSSR count). The van der Waals surface area contributed by atoms with E-state index >= 15 is 0 Å². The number of amides is 1. The number of aliphatic hydroxyl groups is 1. The number of methoxy groups -OCH3 is 1. The lowest BCUT2D eigenvalue weighted by atomic mass is 10.0. The molecule has 7 nitrogen and oxygen atoms in total. The van der Waals surface area contributed by atoms with Crippen molar-refractivity contribution in [2.75, 3.05) is 7.11 Å². The lowest BCUT2D eigenvalue weighted by molar-refractivity contribution is -0.294. The van der Waals surface area contributed by atoms with E-state index in [0.29, 0.717) is 11.8 Å². The van der Waals surface area contributed by atoms with Crippen molar-refractivity contribution in [3.63, 3.8) is 0 Å². The van der Waals surface area contributed by atoms with Gasteiger partial charge in [-0.15, -0.1) is 0 Å². The smallest absolute Gasteiger partial charge is 0.438 e. The Bertz CT molecular complexity index is 927. The zero-order valence-electron chi connectivity index (χ0n) is 14.0. The van der Waals surface area contributed by atoms with E-state index in [1.165, 1.54) is 12.1 Å². The highest BCUT2D eigenvalue weighted by molar-refractivity contribution is 8.18. The fourth-order valence-electron chi connectivity index (χ4n) is 2.43. The number of benzene rings is 1. The molecule has 28 heavy (non-hydrogen) atoms. The van der Waals surface area contributed by atoms with Crippen LogP contribution in [0.15, 0.2) is 45.3 Å². The maximum absolute atomic E-state index is 13.6. The molecule has 0 saturated heterocycles. The van der Waals surface area contributed by atoms with Gasteiger partial charge in [-0.25, -0.2) is 9.18 Å². The van der Waals surface area contributed by atoms with Crippen LogP contribution in [0.3, 0.4) is 0 Å². The quantitative estimate of drug-likeness (QED) is 0.451. The SMILES string of the molecule is COC(=O)C=C1SC(N2N=C(c3ccc(F)cc3)CC2(O)C(F)(F)F)=NC1=O. The molecule has 0 aliphatic carbocycles. The number of esters is 1. The predicted octanol–water partition coefficient (Wildman–Crippen LogP) is 2.17. The van der Waals surface area contributed by atoms with Crippen LogP contribution in [-0.2, 0) is 14.3 Å². The van der Waals surface area contributed by atoms with Crippen molar-refractivity contribution in [2.45, 2.75) is 18.3 Å². The molecule has 1 N–H and O–H groups in total. The van der Waals surface area contributed by atoms with Crippen molar-refractivity contribution < 1.29 is 37.0 Å². The van der Waals surface area contributed by atoms with Crippen LogP contribution in [0.4, 0.5) is 17.6 Å². The van der Waals surface area contributed by atoms with E-state index in [-0.39, 0.29) is 21.2 Å². The first kappa shape index (κ1) is 20.0. The van der Waals surface area contributed by atoms with Crippen molar-refractivity contribution in [2.24, 2.45) is 10.1 Å². The number of ether oxygens (including phenoxy) is 1. The van der Waals surface area contributed by atoms with Crippen LogP contribution in [-0.4, -0.2) is 51.9 Å². The van der Waals surface area contributed by atoms with Crippen LogP contribution < -0.4 is 0 Å². The number of hydrazone groups is 1. The highest BCUT2D eigenvalue weighted by atomic mass is 32.2. The van der Waals surface area contributed by atoms with Crippen LogP contribution in [0.5, 0.6) is 0 Å². The Balaban J connectivity index is 1.99. The fraction of sp³-hybridized carbons (Fsp3) is 0.250. The van der Waals surface area contributed by atoms with Gasteiger partial charge in [0.25, 0.3) is 11.6 Å². The summed E-state index contributed by atoms with van der Waals surface area (Å²) in [5.74, 6) is -2.46. The Kier molecular flexibility index (Phi) is 5.02. The molecule has 2 heterocycles.